The third-order valence-corrected chi connectivity index (χ3v) is 8.76. The molecule has 2 saturated heterocycles. The van der Waals surface area contributed by atoms with Gasteiger partial charge in [-0.05, 0) is 63.2 Å². The van der Waals surface area contributed by atoms with Crippen LogP contribution in [0, 0.1) is 0 Å². The van der Waals surface area contributed by atoms with Crippen LogP contribution in [0.1, 0.15) is 36.9 Å². The number of carbonyl (C=O) groups excluding carboxylic acids is 3. The molecule has 2 aromatic carbocycles. The predicted octanol–water partition coefficient (Wildman–Crippen LogP) is 3.75. The molecule has 0 bridgehead atoms. The SMILES string of the molecule is C=C(C)C(=O)N1CCN(CC(=O)N2CCN(CCOc3ccc(C(=O)c4cc5ccc(N(CC)CC)cc5o4)cc3)CC2)CC1. The number of ether oxygens (including phenoxy) is 1. The van der Waals surface area contributed by atoms with Crippen LogP contribution in [0.4, 0.5) is 5.69 Å². The molecule has 0 atom stereocenters. The van der Waals surface area contributed by atoms with E-state index in [1.165, 1.54) is 0 Å². The van der Waals surface area contributed by atoms with Gasteiger partial charge in [0.05, 0.1) is 6.54 Å². The summed E-state index contributed by atoms with van der Waals surface area (Å²) in [5.41, 5.74) is 2.89. The molecule has 45 heavy (non-hydrogen) atoms. The van der Waals surface area contributed by atoms with E-state index < -0.39 is 0 Å². The van der Waals surface area contributed by atoms with E-state index in [0.29, 0.717) is 80.6 Å². The van der Waals surface area contributed by atoms with Gasteiger partial charge in [0.25, 0.3) is 0 Å². The maximum atomic E-state index is 13.1. The molecule has 5 rings (SSSR count). The molecule has 1 aromatic heterocycles. The molecule has 0 aliphatic carbocycles. The van der Waals surface area contributed by atoms with Crippen LogP contribution in [0.5, 0.6) is 5.75 Å². The molecule has 3 aromatic rings. The number of rotatable bonds is 12. The Hall–Kier alpha value is -4.15. The van der Waals surface area contributed by atoms with Gasteiger partial charge >= 0.3 is 0 Å². The number of amides is 2. The summed E-state index contributed by atoms with van der Waals surface area (Å²) < 4.78 is 11.9. The summed E-state index contributed by atoms with van der Waals surface area (Å²) in [5, 5.41) is 0.908. The zero-order valence-electron chi connectivity index (χ0n) is 26.8. The fourth-order valence-electron chi connectivity index (χ4n) is 5.95. The highest BCUT2D eigenvalue weighted by Crippen LogP contribution is 2.27. The molecular formula is C35H45N5O5. The number of hydrogen-bond donors (Lipinski definition) is 0. The third kappa shape index (κ3) is 7.93. The van der Waals surface area contributed by atoms with E-state index in [-0.39, 0.29) is 17.6 Å². The second-order valence-corrected chi connectivity index (χ2v) is 11.8. The Balaban J connectivity index is 1.03. The van der Waals surface area contributed by atoms with Crippen molar-refractivity contribution in [3.8, 4) is 5.75 Å². The van der Waals surface area contributed by atoms with Crippen molar-refractivity contribution >= 4 is 34.3 Å². The Morgan fingerprint density at radius 2 is 1.49 bits per heavy atom. The summed E-state index contributed by atoms with van der Waals surface area (Å²) in [7, 11) is 0. The fraction of sp³-hybridized carbons (Fsp3) is 0.457. The fourth-order valence-corrected chi connectivity index (χ4v) is 5.95. The number of nitrogens with zero attached hydrogens (tertiary/aromatic N) is 5. The third-order valence-electron chi connectivity index (χ3n) is 8.76. The molecule has 2 amide bonds. The largest absolute Gasteiger partial charge is 0.492 e. The molecule has 2 fully saturated rings. The highest BCUT2D eigenvalue weighted by Gasteiger charge is 2.26. The van der Waals surface area contributed by atoms with Crippen LogP contribution >= 0.6 is 0 Å². The maximum Gasteiger partial charge on any atom is 0.248 e. The van der Waals surface area contributed by atoms with E-state index in [1.54, 1.807) is 25.1 Å². The molecule has 2 aliphatic rings. The van der Waals surface area contributed by atoms with Gasteiger partial charge in [-0.3, -0.25) is 24.2 Å². The summed E-state index contributed by atoms with van der Waals surface area (Å²) in [5.74, 6) is 1.02. The first kappa shape index (κ1) is 32.2. The zero-order chi connectivity index (χ0) is 31.9. The van der Waals surface area contributed by atoms with Crippen molar-refractivity contribution < 1.29 is 23.5 Å². The number of hydrogen-bond acceptors (Lipinski definition) is 8. The van der Waals surface area contributed by atoms with Crippen LogP contribution in [-0.2, 0) is 9.59 Å². The molecule has 10 nitrogen and oxygen atoms in total. The van der Waals surface area contributed by atoms with E-state index in [0.717, 1.165) is 43.8 Å². The Kier molecular flexibility index (Phi) is 10.6. The minimum Gasteiger partial charge on any atom is -0.492 e. The molecule has 3 heterocycles. The first-order valence-electron chi connectivity index (χ1n) is 16.0. The second kappa shape index (κ2) is 14.8. The van der Waals surface area contributed by atoms with Crippen LogP contribution in [-0.4, -0.2) is 122 Å². The lowest BCUT2D eigenvalue weighted by Crippen LogP contribution is -2.54. The lowest BCUT2D eigenvalue weighted by atomic mass is 10.1. The van der Waals surface area contributed by atoms with Crippen LogP contribution in [0.3, 0.4) is 0 Å². The highest BCUT2D eigenvalue weighted by atomic mass is 16.5. The van der Waals surface area contributed by atoms with Crippen molar-refractivity contribution in [3.05, 3.63) is 72.0 Å². The average molecular weight is 616 g/mol. The van der Waals surface area contributed by atoms with Gasteiger partial charge in [-0.2, -0.15) is 0 Å². The van der Waals surface area contributed by atoms with Crippen molar-refractivity contribution in [1.29, 1.82) is 0 Å². The van der Waals surface area contributed by atoms with Crippen molar-refractivity contribution in [2.75, 3.05) is 90.0 Å². The van der Waals surface area contributed by atoms with Gasteiger partial charge in [0, 0.05) is 100 Å². The van der Waals surface area contributed by atoms with Crippen molar-refractivity contribution in [3.63, 3.8) is 0 Å². The molecule has 10 heteroatoms. The molecule has 0 N–H and O–H groups in total. The van der Waals surface area contributed by atoms with Gasteiger partial charge in [-0.25, -0.2) is 0 Å². The summed E-state index contributed by atoms with van der Waals surface area (Å²) in [4.78, 5) is 48.5. The quantitative estimate of drug-likeness (QED) is 0.225. The number of carbonyl (C=O) groups is 3. The Morgan fingerprint density at radius 1 is 0.844 bits per heavy atom. The molecule has 0 unspecified atom stereocenters. The van der Waals surface area contributed by atoms with Gasteiger partial charge in [-0.15, -0.1) is 0 Å². The number of anilines is 1. The van der Waals surface area contributed by atoms with E-state index in [4.69, 9.17) is 9.15 Å². The minimum atomic E-state index is -0.158. The minimum absolute atomic E-state index is 0.00303. The zero-order valence-corrected chi connectivity index (χ0v) is 26.8. The number of piperazine rings is 2. The Labute approximate surface area is 265 Å². The maximum absolute atomic E-state index is 13.1. The first-order valence-corrected chi connectivity index (χ1v) is 16.0. The molecule has 240 valence electrons. The lowest BCUT2D eigenvalue weighted by Gasteiger charge is -2.38. The van der Waals surface area contributed by atoms with Gasteiger partial charge in [-0.1, -0.05) is 6.58 Å². The van der Waals surface area contributed by atoms with Crippen LogP contribution in [0.25, 0.3) is 11.0 Å². The number of furan rings is 1. The highest BCUT2D eigenvalue weighted by molar-refractivity contribution is 6.09. The standard InChI is InChI=1S/C35H45N5O5/c1-5-38(6-2)29-10-7-28-23-32(45-31(28)24-29)34(42)27-8-11-30(12-9-27)44-22-21-36-13-17-39(18-14-36)33(41)25-37-15-19-40(20-16-37)35(43)26(3)4/h7-12,23-24H,3,5-6,13-22,25H2,1-2,4H3. The number of ketones is 1. The van der Waals surface area contributed by atoms with Gasteiger partial charge in [0.15, 0.2) is 5.76 Å². The molecule has 0 saturated carbocycles. The summed E-state index contributed by atoms with van der Waals surface area (Å²) in [6, 6.07) is 15.0. The second-order valence-electron chi connectivity index (χ2n) is 11.8. The normalized spacial score (nSPS) is 16.2. The van der Waals surface area contributed by atoms with E-state index >= 15 is 0 Å². The summed E-state index contributed by atoms with van der Waals surface area (Å²) in [6.07, 6.45) is 0. The Bertz CT molecular complexity index is 1500. The predicted molar refractivity (Wildman–Crippen MR) is 176 cm³/mol. The molecular weight excluding hydrogens is 570 g/mol. The van der Waals surface area contributed by atoms with Crippen LogP contribution < -0.4 is 9.64 Å². The van der Waals surface area contributed by atoms with Crippen molar-refractivity contribution in [2.45, 2.75) is 20.8 Å². The number of benzene rings is 2. The number of fused-ring (bicyclic) bond motifs is 1. The topological polar surface area (TPSA) is 89.8 Å². The van der Waals surface area contributed by atoms with Crippen LogP contribution in [0.2, 0.25) is 0 Å². The van der Waals surface area contributed by atoms with Gasteiger partial charge in [0.2, 0.25) is 17.6 Å². The van der Waals surface area contributed by atoms with Gasteiger partial charge in [0.1, 0.15) is 17.9 Å². The lowest BCUT2D eigenvalue weighted by molar-refractivity contribution is -0.135. The smallest absolute Gasteiger partial charge is 0.248 e. The first-order chi connectivity index (χ1) is 21.7. The summed E-state index contributed by atoms with van der Waals surface area (Å²) >= 11 is 0. The van der Waals surface area contributed by atoms with Crippen LogP contribution in [0.15, 0.2) is 65.1 Å². The Morgan fingerprint density at radius 3 is 2.13 bits per heavy atom. The average Bonchev–Trinajstić information content (AvgIpc) is 3.49. The molecule has 0 spiro atoms. The van der Waals surface area contributed by atoms with Crippen molar-refractivity contribution in [1.82, 2.24) is 19.6 Å². The van der Waals surface area contributed by atoms with Crippen molar-refractivity contribution in [2.24, 2.45) is 0 Å². The molecule has 0 radical (unpaired) electrons. The van der Waals surface area contributed by atoms with E-state index in [9.17, 15) is 14.4 Å². The van der Waals surface area contributed by atoms with Gasteiger partial charge < -0.3 is 23.9 Å². The van der Waals surface area contributed by atoms with E-state index in [2.05, 4.69) is 41.2 Å². The molecule has 2 aliphatic heterocycles. The van der Waals surface area contributed by atoms with E-state index in [1.807, 2.05) is 34.1 Å². The monoisotopic (exact) mass is 615 g/mol. The summed E-state index contributed by atoms with van der Waals surface area (Å²) in [6.45, 7) is 18.9.